The molecule has 3 aromatic rings. The van der Waals surface area contributed by atoms with E-state index in [-0.39, 0.29) is 16.9 Å². The van der Waals surface area contributed by atoms with E-state index >= 15 is 0 Å². The molecule has 1 aromatic heterocycles. The highest BCUT2D eigenvalue weighted by molar-refractivity contribution is 5.60. The number of benzene rings is 2. The van der Waals surface area contributed by atoms with Crippen LogP contribution < -0.4 is 5.73 Å². The standard InChI is InChI=1S/C26H31F2N3O/c1-18(26(3,29)25(2)11-13-32-14-12-25)24-30-23(21-15-20(27)9-10-22(21)28)17-31(24)16-19-7-5-4-6-8-19/h4-10,15,17-18H,11-14,16,29H2,1-3H3. The van der Waals surface area contributed by atoms with Crippen molar-refractivity contribution in [2.75, 3.05) is 13.2 Å². The monoisotopic (exact) mass is 439 g/mol. The third kappa shape index (κ3) is 4.21. The summed E-state index contributed by atoms with van der Waals surface area (Å²) >= 11 is 0. The second-order valence-electron chi connectivity index (χ2n) is 9.40. The molecular formula is C26H31F2N3O. The zero-order chi connectivity index (χ0) is 22.9. The van der Waals surface area contributed by atoms with Crippen LogP contribution in [-0.4, -0.2) is 28.3 Å². The predicted octanol–water partition coefficient (Wildman–Crippen LogP) is 5.51. The summed E-state index contributed by atoms with van der Waals surface area (Å²) in [5, 5.41) is 0. The highest BCUT2D eigenvalue weighted by atomic mass is 19.1. The summed E-state index contributed by atoms with van der Waals surface area (Å²) in [5.41, 5.74) is 7.98. The van der Waals surface area contributed by atoms with Crippen molar-refractivity contribution < 1.29 is 13.5 Å². The molecule has 1 fully saturated rings. The Bertz CT molecular complexity index is 1070. The van der Waals surface area contributed by atoms with Gasteiger partial charge in [0, 0.05) is 43.0 Å². The first kappa shape index (κ1) is 22.6. The molecule has 0 spiro atoms. The summed E-state index contributed by atoms with van der Waals surface area (Å²) in [5.74, 6) is -0.348. The number of hydrogen-bond donors (Lipinski definition) is 1. The van der Waals surface area contributed by atoms with Gasteiger partial charge in [0.05, 0.1) is 5.69 Å². The average molecular weight is 440 g/mol. The fourth-order valence-electron chi connectivity index (χ4n) is 4.66. The smallest absolute Gasteiger partial charge is 0.132 e. The van der Waals surface area contributed by atoms with Gasteiger partial charge < -0.3 is 15.0 Å². The van der Waals surface area contributed by atoms with E-state index in [1.807, 2.05) is 34.9 Å². The van der Waals surface area contributed by atoms with E-state index in [1.54, 1.807) is 6.20 Å². The lowest BCUT2D eigenvalue weighted by Gasteiger charge is -2.49. The van der Waals surface area contributed by atoms with Gasteiger partial charge in [-0.15, -0.1) is 0 Å². The molecule has 2 atom stereocenters. The first-order valence-corrected chi connectivity index (χ1v) is 11.1. The van der Waals surface area contributed by atoms with Gasteiger partial charge in [0.15, 0.2) is 0 Å². The molecule has 2 heterocycles. The van der Waals surface area contributed by atoms with E-state index in [0.717, 1.165) is 36.4 Å². The number of rotatable bonds is 6. The maximum atomic E-state index is 14.6. The van der Waals surface area contributed by atoms with E-state index in [9.17, 15) is 8.78 Å². The Hall–Kier alpha value is -2.57. The van der Waals surface area contributed by atoms with E-state index in [0.29, 0.717) is 25.5 Å². The second-order valence-corrected chi connectivity index (χ2v) is 9.40. The first-order valence-electron chi connectivity index (χ1n) is 11.1. The Labute approximate surface area is 188 Å². The summed E-state index contributed by atoms with van der Waals surface area (Å²) in [7, 11) is 0. The Morgan fingerprint density at radius 1 is 1.16 bits per heavy atom. The van der Waals surface area contributed by atoms with Crippen molar-refractivity contribution in [1.82, 2.24) is 9.55 Å². The van der Waals surface area contributed by atoms with E-state index in [2.05, 4.69) is 20.8 Å². The van der Waals surface area contributed by atoms with E-state index in [4.69, 9.17) is 15.5 Å². The molecule has 2 unspecified atom stereocenters. The summed E-state index contributed by atoms with van der Waals surface area (Å²) in [6.45, 7) is 8.32. The zero-order valence-electron chi connectivity index (χ0n) is 18.9. The number of hydrogen-bond acceptors (Lipinski definition) is 3. The number of nitrogens with zero attached hydrogens (tertiary/aromatic N) is 2. The maximum absolute atomic E-state index is 14.6. The van der Waals surface area contributed by atoms with Gasteiger partial charge in [-0.2, -0.15) is 0 Å². The fourth-order valence-corrected chi connectivity index (χ4v) is 4.66. The van der Waals surface area contributed by atoms with Crippen LogP contribution in [0, 0.1) is 17.0 Å². The Morgan fingerprint density at radius 2 is 1.84 bits per heavy atom. The molecule has 0 radical (unpaired) electrons. The van der Waals surface area contributed by atoms with Crippen molar-refractivity contribution in [1.29, 1.82) is 0 Å². The molecule has 4 rings (SSSR count). The van der Waals surface area contributed by atoms with Crippen molar-refractivity contribution >= 4 is 0 Å². The SMILES string of the molecule is CC(c1nc(-c2cc(F)ccc2F)cn1Cc1ccccc1)C(C)(N)C1(C)CCOCC1. The molecule has 0 bridgehead atoms. The lowest BCUT2D eigenvalue weighted by molar-refractivity contribution is -0.0220. The third-order valence-corrected chi connectivity index (χ3v) is 7.39. The molecule has 170 valence electrons. The number of imidazole rings is 1. The quantitative estimate of drug-likeness (QED) is 0.551. The second kappa shape index (κ2) is 8.75. The largest absolute Gasteiger partial charge is 0.381 e. The van der Waals surface area contributed by atoms with E-state index < -0.39 is 17.2 Å². The first-order chi connectivity index (χ1) is 15.2. The minimum Gasteiger partial charge on any atom is -0.381 e. The average Bonchev–Trinajstić information content (AvgIpc) is 3.19. The maximum Gasteiger partial charge on any atom is 0.132 e. The molecule has 1 saturated heterocycles. The normalized spacial score (nSPS) is 18.8. The molecule has 0 amide bonds. The predicted molar refractivity (Wildman–Crippen MR) is 122 cm³/mol. The number of nitrogens with two attached hydrogens (primary N) is 1. The minimum absolute atomic E-state index is 0.125. The van der Waals surface area contributed by atoms with Crippen LogP contribution in [0.5, 0.6) is 0 Å². The highest BCUT2D eigenvalue weighted by Crippen LogP contribution is 2.46. The third-order valence-electron chi connectivity index (χ3n) is 7.39. The zero-order valence-corrected chi connectivity index (χ0v) is 18.9. The van der Waals surface area contributed by atoms with Crippen molar-refractivity contribution in [2.24, 2.45) is 11.1 Å². The van der Waals surface area contributed by atoms with Crippen molar-refractivity contribution in [3.63, 3.8) is 0 Å². The summed E-state index contributed by atoms with van der Waals surface area (Å²) in [4.78, 5) is 4.82. The molecule has 0 aliphatic carbocycles. The Balaban J connectivity index is 1.78. The molecule has 6 heteroatoms. The van der Waals surface area contributed by atoms with Gasteiger partial charge in [-0.05, 0) is 48.9 Å². The Kier molecular flexibility index (Phi) is 6.19. The highest BCUT2D eigenvalue weighted by Gasteiger charge is 2.47. The van der Waals surface area contributed by atoms with Crippen LogP contribution in [-0.2, 0) is 11.3 Å². The van der Waals surface area contributed by atoms with Gasteiger partial charge in [0.2, 0.25) is 0 Å². The van der Waals surface area contributed by atoms with Gasteiger partial charge in [-0.25, -0.2) is 13.8 Å². The van der Waals surface area contributed by atoms with Crippen molar-refractivity contribution in [2.45, 2.75) is 51.6 Å². The molecular weight excluding hydrogens is 408 g/mol. The van der Waals surface area contributed by atoms with Gasteiger partial charge in [-0.1, -0.05) is 44.2 Å². The van der Waals surface area contributed by atoms with Crippen LogP contribution in [0.4, 0.5) is 8.78 Å². The van der Waals surface area contributed by atoms with Crippen LogP contribution in [0.25, 0.3) is 11.3 Å². The molecule has 32 heavy (non-hydrogen) atoms. The van der Waals surface area contributed by atoms with Gasteiger partial charge >= 0.3 is 0 Å². The van der Waals surface area contributed by atoms with Crippen LogP contribution >= 0.6 is 0 Å². The molecule has 2 N–H and O–H groups in total. The topological polar surface area (TPSA) is 53.1 Å². The number of ether oxygens (including phenoxy) is 1. The van der Waals surface area contributed by atoms with Crippen molar-refractivity contribution in [3.8, 4) is 11.3 Å². The minimum atomic E-state index is -0.575. The molecule has 4 nitrogen and oxygen atoms in total. The summed E-state index contributed by atoms with van der Waals surface area (Å²) in [6.07, 6.45) is 3.54. The van der Waals surface area contributed by atoms with Gasteiger partial charge in [0.1, 0.15) is 17.5 Å². The van der Waals surface area contributed by atoms with Crippen LogP contribution in [0.3, 0.4) is 0 Å². The molecule has 1 aliphatic heterocycles. The fraction of sp³-hybridized carbons (Fsp3) is 0.423. The van der Waals surface area contributed by atoms with Crippen LogP contribution in [0.2, 0.25) is 0 Å². The lowest BCUT2D eigenvalue weighted by Crippen LogP contribution is -2.57. The summed E-state index contributed by atoms with van der Waals surface area (Å²) < 4.78 is 36.1. The molecule has 2 aromatic carbocycles. The molecule has 0 saturated carbocycles. The summed E-state index contributed by atoms with van der Waals surface area (Å²) in [6, 6.07) is 13.5. The van der Waals surface area contributed by atoms with Crippen LogP contribution in [0.15, 0.2) is 54.7 Å². The van der Waals surface area contributed by atoms with Crippen molar-refractivity contribution in [3.05, 3.63) is 77.8 Å². The van der Waals surface area contributed by atoms with Gasteiger partial charge in [-0.3, -0.25) is 0 Å². The lowest BCUT2D eigenvalue weighted by atomic mass is 9.62. The number of aromatic nitrogens is 2. The van der Waals surface area contributed by atoms with Crippen LogP contribution in [0.1, 0.15) is 50.9 Å². The Morgan fingerprint density at radius 3 is 2.53 bits per heavy atom. The number of halogens is 2. The van der Waals surface area contributed by atoms with E-state index in [1.165, 1.54) is 6.07 Å². The van der Waals surface area contributed by atoms with Gasteiger partial charge in [0.25, 0.3) is 0 Å². The molecule has 1 aliphatic rings.